The van der Waals surface area contributed by atoms with Gasteiger partial charge in [-0.05, 0) is 66.6 Å². The first-order valence-corrected chi connectivity index (χ1v) is 14.3. The standard InChI is InChI=1S/C40H29N/c1-40(2)34-21-11-10-19-32(34)39-33(20-12-22-35(39)40)36-24-23-27(25-41-36)38-30-17-8-6-15-28(30)37(26-13-4-3-5-14-26)29-16-7-9-18-31(29)38/h3-25H,1-2H3. The molecule has 1 heteroatoms. The van der Waals surface area contributed by atoms with Crippen LogP contribution in [0.5, 0.6) is 0 Å². The molecule has 0 fully saturated rings. The number of pyridine rings is 1. The minimum atomic E-state index is -0.0276. The fourth-order valence-electron chi connectivity index (χ4n) is 7.02. The third-order valence-electron chi connectivity index (χ3n) is 8.93. The zero-order chi connectivity index (χ0) is 27.6. The van der Waals surface area contributed by atoms with Gasteiger partial charge < -0.3 is 0 Å². The minimum Gasteiger partial charge on any atom is -0.256 e. The van der Waals surface area contributed by atoms with E-state index in [4.69, 9.17) is 4.98 Å². The smallest absolute Gasteiger partial charge is 0.0708 e. The molecule has 0 radical (unpaired) electrons. The molecule has 0 saturated heterocycles. The molecule has 1 nitrogen and oxygen atoms in total. The van der Waals surface area contributed by atoms with Crippen LogP contribution in [0.25, 0.3) is 66.2 Å². The average Bonchev–Trinajstić information content (AvgIpc) is 3.27. The Hall–Kier alpha value is -5.01. The Bertz CT molecular complexity index is 2040. The first-order chi connectivity index (χ1) is 20.1. The molecule has 0 amide bonds. The lowest BCUT2D eigenvalue weighted by Gasteiger charge is -2.21. The van der Waals surface area contributed by atoms with E-state index in [0.29, 0.717) is 0 Å². The van der Waals surface area contributed by atoms with E-state index in [2.05, 4.69) is 154 Å². The number of fused-ring (bicyclic) bond motifs is 5. The molecule has 0 N–H and O–H groups in total. The van der Waals surface area contributed by atoms with Crippen LogP contribution in [0.4, 0.5) is 0 Å². The Kier molecular flexibility index (Phi) is 5.24. The summed E-state index contributed by atoms with van der Waals surface area (Å²) in [6.45, 7) is 4.65. The van der Waals surface area contributed by atoms with Gasteiger partial charge in [0.1, 0.15) is 0 Å². The highest BCUT2D eigenvalue weighted by molar-refractivity contribution is 6.21. The van der Waals surface area contributed by atoms with Gasteiger partial charge in [-0.15, -0.1) is 0 Å². The Morgan fingerprint density at radius 2 is 0.951 bits per heavy atom. The predicted molar refractivity (Wildman–Crippen MR) is 173 cm³/mol. The lowest BCUT2D eigenvalue weighted by molar-refractivity contribution is 0.660. The van der Waals surface area contributed by atoms with Gasteiger partial charge in [-0.3, -0.25) is 4.98 Å². The van der Waals surface area contributed by atoms with Crippen LogP contribution in [0.3, 0.4) is 0 Å². The summed E-state index contributed by atoms with van der Waals surface area (Å²) in [5, 5.41) is 5.01. The molecule has 0 saturated carbocycles. The molecule has 1 aromatic heterocycles. The van der Waals surface area contributed by atoms with Gasteiger partial charge in [0, 0.05) is 22.7 Å². The Balaban J connectivity index is 1.33. The normalized spacial score (nSPS) is 13.3. The van der Waals surface area contributed by atoms with Gasteiger partial charge in [0.15, 0.2) is 0 Å². The van der Waals surface area contributed by atoms with E-state index >= 15 is 0 Å². The van der Waals surface area contributed by atoms with Crippen molar-refractivity contribution >= 4 is 21.5 Å². The maximum atomic E-state index is 5.12. The van der Waals surface area contributed by atoms with Crippen LogP contribution in [-0.2, 0) is 5.41 Å². The van der Waals surface area contributed by atoms with Gasteiger partial charge in [-0.25, -0.2) is 0 Å². The molecule has 194 valence electrons. The molecule has 1 aliphatic carbocycles. The van der Waals surface area contributed by atoms with Gasteiger partial charge >= 0.3 is 0 Å². The molecule has 8 rings (SSSR count). The van der Waals surface area contributed by atoms with Crippen molar-refractivity contribution in [1.82, 2.24) is 4.98 Å². The lowest BCUT2D eigenvalue weighted by atomic mass is 9.82. The number of aromatic nitrogens is 1. The maximum Gasteiger partial charge on any atom is 0.0708 e. The molecule has 0 bridgehead atoms. The highest BCUT2D eigenvalue weighted by Gasteiger charge is 2.36. The second-order valence-corrected chi connectivity index (χ2v) is 11.5. The van der Waals surface area contributed by atoms with Crippen molar-refractivity contribution in [3.8, 4) is 44.6 Å². The minimum absolute atomic E-state index is 0.0276. The second-order valence-electron chi connectivity index (χ2n) is 11.5. The molecule has 0 atom stereocenters. The third kappa shape index (κ3) is 3.52. The molecule has 6 aromatic carbocycles. The van der Waals surface area contributed by atoms with Gasteiger partial charge in [0.2, 0.25) is 0 Å². The molecular weight excluding hydrogens is 494 g/mol. The van der Waals surface area contributed by atoms with Gasteiger partial charge in [-0.2, -0.15) is 0 Å². The van der Waals surface area contributed by atoms with E-state index in [1.54, 1.807) is 0 Å². The molecular formula is C40H29N. The number of benzene rings is 6. The highest BCUT2D eigenvalue weighted by Crippen LogP contribution is 2.52. The summed E-state index contributed by atoms with van der Waals surface area (Å²) in [6, 6.07) is 48.3. The number of rotatable bonds is 3. The lowest BCUT2D eigenvalue weighted by Crippen LogP contribution is -2.14. The summed E-state index contributed by atoms with van der Waals surface area (Å²) in [5.74, 6) is 0. The van der Waals surface area contributed by atoms with E-state index in [1.165, 1.54) is 66.1 Å². The summed E-state index contributed by atoms with van der Waals surface area (Å²) < 4.78 is 0. The van der Waals surface area contributed by atoms with Gasteiger partial charge in [0.05, 0.1) is 5.69 Å². The maximum absolute atomic E-state index is 5.12. The van der Waals surface area contributed by atoms with Crippen LogP contribution >= 0.6 is 0 Å². The molecule has 7 aromatic rings. The number of nitrogens with zero attached hydrogens (tertiary/aromatic N) is 1. The molecule has 0 unspecified atom stereocenters. The first-order valence-electron chi connectivity index (χ1n) is 14.3. The quantitative estimate of drug-likeness (QED) is 0.210. The largest absolute Gasteiger partial charge is 0.256 e. The summed E-state index contributed by atoms with van der Waals surface area (Å²) in [7, 11) is 0. The molecule has 1 heterocycles. The van der Waals surface area contributed by atoms with Crippen molar-refractivity contribution in [3.63, 3.8) is 0 Å². The van der Waals surface area contributed by atoms with Crippen LogP contribution in [0.1, 0.15) is 25.0 Å². The molecule has 41 heavy (non-hydrogen) atoms. The van der Waals surface area contributed by atoms with Crippen LogP contribution in [0.15, 0.2) is 140 Å². The monoisotopic (exact) mass is 523 g/mol. The zero-order valence-electron chi connectivity index (χ0n) is 23.2. The average molecular weight is 524 g/mol. The SMILES string of the molecule is CC1(C)c2ccccc2-c2c(-c3ccc(-c4c5ccccc5c(-c5ccccc5)c5ccccc45)cn3)cccc21. The summed E-state index contributed by atoms with van der Waals surface area (Å²) in [4.78, 5) is 5.12. The van der Waals surface area contributed by atoms with Crippen molar-refractivity contribution in [2.45, 2.75) is 19.3 Å². The number of hydrogen-bond donors (Lipinski definition) is 0. The van der Waals surface area contributed by atoms with Crippen LogP contribution in [-0.4, -0.2) is 4.98 Å². The Morgan fingerprint density at radius 3 is 1.59 bits per heavy atom. The first kappa shape index (κ1) is 23.8. The van der Waals surface area contributed by atoms with Crippen molar-refractivity contribution in [2.75, 3.05) is 0 Å². The van der Waals surface area contributed by atoms with Crippen LogP contribution < -0.4 is 0 Å². The van der Waals surface area contributed by atoms with Crippen molar-refractivity contribution in [1.29, 1.82) is 0 Å². The Labute approximate surface area is 240 Å². The topological polar surface area (TPSA) is 12.9 Å². The summed E-state index contributed by atoms with van der Waals surface area (Å²) in [6.07, 6.45) is 2.07. The third-order valence-corrected chi connectivity index (χ3v) is 8.93. The fourth-order valence-corrected chi connectivity index (χ4v) is 7.02. The van der Waals surface area contributed by atoms with Crippen molar-refractivity contribution in [2.24, 2.45) is 0 Å². The highest BCUT2D eigenvalue weighted by atomic mass is 14.7. The summed E-state index contributed by atoms with van der Waals surface area (Å²) >= 11 is 0. The fraction of sp³-hybridized carbons (Fsp3) is 0.0750. The van der Waals surface area contributed by atoms with Gasteiger partial charge in [0.25, 0.3) is 0 Å². The Morgan fingerprint density at radius 1 is 0.415 bits per heavy atom. The van der Waals surface area contributed by atoms with E-state index in [0.717, 1.165) is 11.3 Å². The van der Waals surface area contributed by atoms with E-state index < -0.39 is 0 Å². The van der Waals surface area contributed by atoms with Crippen molar-refractivity contribution in [3.05, 3.63) is 151 Å². The van der Waals surface area contributed by atoms with E-state index in [-0.39, 0.29) is 5.41 Å². The number of hydrogen-bond acceptors (Lipinski definition) is 1. The molecule has 1 aliphatic rings. The summed E-state index contributed by atoms with van der Waals surface area (Å²) in [5.41, 5.74) is 12.5. The van der Waals surface area contributed by atoms with Gasteiger partial charge in [-0.1, -0.05) is 141 Å². The van der Waals surface area contributed by atoms with E-state index in [9.17, 15) is 0 Å². The predicted octanol–water partition coefficient (Wildman–Crippen LogP) is 10.7. The second kappa shape index (κ2) is 9.01. The molecule has 0 aliphatic heterocycles. The van der Waals surface area contributed by atoms with Crippen molar-refractivity contribution < 1.29 is 0 Å². The zero-order valence-corrected chi connectivity index (χ0v) is 23.2. The van der Waals surface area contributed by atoms with Crippen LogP contribution in [0, 0.1) is 0 Å². The van der Waals surface area contributed by atoms with E-state index in [1.807, 2.05) is 0 Å². The van der Waals surface area contributed by atoms with Crippen LogP contribution in [0.2, 0.25) is 0 Å². The molecule has 0 spiro atoms.